The monoisotopic (exact) mass is 568 g/mol. The van der Waals surface area contributed by atoms with Crippen molar-refractivity contribution in [2.75, 3.05) is 18.9 Å². The van der Waals surface area contributed by atoms with Crippen LogP contribution in [0.5, 0.6) is 5.75 Å². The zero-order valence-electron chi connectivity index (χ0n) is 23.6. The number of rotatable bonds is 9. The lowest BCUT2D eigenvalue weighted by Gasteiger charge is -2.30. The van der Waals surface area contributed by atoms with Crippen molar-refractivity contribution in [2.45, 2.75) is 64.0 Å². The van der Waals surface area contributed by atoms with Crippen molar-refractivity contribution in [3.63, 3.8) is 0 Å². The normalized spacial score (nSPS) is 18.0. The minimum atomic E-state index is -4.76. The summed E-state index contributed by atoms with van der Waals surface area (Å²) in [4.78, 5) is 34.1. The average molecular weight is 569 g/mol. The van der Waals surface area contributed by atoms with Crippen molar-refractivity contribution < 1.29 is 27.5 Å². The van der Waals surface area contributed by atoms with Gasteiger partial charge in [0.15, 0.2) is 0 Å². The highest BCUT2D eigenvalue weighted by atomic mass is 19.4. The summed E-state index contributed by atoms with van der Waals surface area (Å²) in [5.41, 5.74) is 3.46. The Hall–Kier alpha value is -3.92. The lowest BCUT2D eigenvalue weighted by Crippen LogP contribution is -2.33. The number of halogens is 3. The van der Waals surface area contributed by atoms with Crippen LogP contribution in [0, 0.1) is 0 Å². The van der Waals surface area contributed by atoms with Crippen LogP contribution in [0.4, 0.5) is 18.9 Å². The molecule has 1 fully saturated rings. The van der Waals surface area contributed by atoms with Crippen molar-refractivity contribution in [3.05, 3.63) is 89.7 Å². The number of anilines is 1. The summed E-state index contributed by atoms with van der Waals surface area (Å²) in [6.07, 6.45) is -1.00. The van der Waals surface area contributed by atoms with Gasteiger partial charge in [-0.25, -0.2) is 0 Å². The molecule has 218 valence electrons. The summed E-state index contributed by atoms with van der Waals surface area (Å²) in [5, 5.41) is 2.81. The van der Waals surface area contributed by atoms with Gasteiger partial charge < -0.3 is 15.0 Å². The zero-order chi connectivity index (χ0) is 29.8. The van der Waals surface area contributed by atoms with Crippen LogP contribution in [0.25, 0.3) is 0 Å². The van der Waals surface area contributed by atoms with E-state index in [4.69, 9.17) is 0 Å². The fourth-order valence-corrected chi connectivity index (χ4v) is 5.04. The number of carbonyl (C=O) groups is 2. The summed E-state index contributed by atoms with van der Waals surface area (Å²) in [5.74, 6) is -0.590. The van der Waals surface area contributed by atoms with Gasteiger partial charge >= 0.3 is 6.36 Å². The van der Waals surface area contributed by atoms with Crippen molar-refractivity contribution >= 4 is 17.5 Å². The molecular weight excluding hydrogens is 533 g/mol. The van der Waals surface area contributed by atoms with Gasteiger partial charge in [-0.05, 0) is 66.3 Å². The van der Waals surface area contributed by atoms with E-state index in [2.05, 4.69) is 47.9 Å². The molecule has 0 bridgehead atoms. The van der Waals surface area contributed by atoms with Crippen LogP contribution in [-0.2, 0) is 21.4 Å². The van der Waals surface area contributed by atoms with Crippen LogP contribution >= 0.6 is 0 Å². The molecule has 4 rings (SSSR count). The molecule has 0 aliphatic carbocycles. The maximum atomic E-state index is 13.7. The lowest BCUT2D eigenvalue weighted by molar-refractivity contribution is -0.274. The van der Waals surface area contributed by atoms with Crippen LogP contribution in [0.2, 0.25) is 0 Å². The Bertz CT molecular complexity index is 1320. The molecule has 7 nitrogen and oxygen atoms in total. The number of hydrogen-bond donors (Lipinski definition) is 1. The van der Waals surface area contributed by atoms with Gasteiger partial charge in [0, 0.05) is 19.2 Å². The molecule has 2 amide bonds. The largest absolute Gasteiger partial charge is 0.573 e. The van der Waals surface area contributed by atoms with E-state index in [0.29, 0.717) is 25.1 Å². The smallest absolute Gasteiger partial charge is 0.406 e. The standard InChI is InChI=1S/C31H35F3N4O3/c1-30(2,3)23-11-9-22(10-12-23)28-37(4)26(15-16-27(39)36-24-6-5-18-35-20-24)29(40)38(28)19-17-21-7-13-25(14-8-21)41-31(32,33)34/h5-14,18,20,26,28H,15-17,19H2,1-4H3,(H,36,39)/t26-,28+/m0/s1. The van der Waals surface area contributed by atoms with E-state index in [-0.39, 0.29) is 35.6 Å². The maximum absolute atomic E-state index is 13.7. The van der Waals surface area contributed by atoms with E-state index in [0.717, 1.165) is 11.1 Å². The summed E-state index contributed by atoms with van der Waals surface area (Å²) in [7, 11) is 1.88. The molecule has 2 aromatic carbocycles. The number of likely N-dealkylation sites (N-methyl/N-ethyl adjacent to an activating group) is 1. The van der Waals surface area contributed by atoms with E-state index < -0.39 is 12.4 Å². The first-order chi connectivity index (χ1) is 19.3. The van der Waals surface area contributed by atoms with E-state index >= 15 is 0 Å². The number of ether oxygens (including phenoxy) is 1. The van der Waals surface area contributed by atoms with Gasteiger partial charge in [-0.1, -0.05) is 57.2 Å². The number of pyridine rings is 1. The molecule has 0 radical (unpaired) electrons. The van der Waals surface area contributed by atoms with Crippen LogP contribution in [-0.4, -0.2) is 52.6 Å². The number of carbonyl (C=O) groups excluding carboxylic acids is 2. The van der Waals surface area contributed by atoms with Gasteiger partial charge in [0.25, 0.3) is 0 Å². The summed E-state index contributed by atoms with van der Waals surface area (Å²) >= 11 is 0. The van der Waals surface area contributed by atoms with Gasteiger partial charge in [0.2, 0.25) is 11.8 Å². The van der Waals surface area contributed by atoms with Gasteiger partial charge in [-0.15, -0.1) is 13.2 Å². The molecule has 1 N–H and O–H groups in total. The summed E-state index contributed by atoms with van der Waals surface area (Å²) < 4.78 is 41.5. The fourth-order valence-electron chi connectivity index (χ4n) is 5.04. The van der Waals surface area contributed by atoms with Gasteiger partial charge in [-0.2, -0.15) is 0 Å². The minimum Gasteiger partial charge on any atom is -0.406 e. The Labute approximate surface area is 238 Å². The first kappa shape index (κ1) is 30.0. The topological polar surface area (TPSA) is 74.8 Å². The highest BCUT2D eigenvalue weighted by Crippen LogP contribution is 2.36. The Morgan fingerprint density at radius 1 is 1.02 bits per heavy atom. The van der Waals surface area contributed by atoms with Gasteiger partial charge in [0.05, 0.1) is 17.9 Å². The molecule has 1 saturated heterocycles. The number of aromatic nitrogens is 1. The lowest BCUT2D eigenvalue weighted by atomic mass is 9.86. The number of nitrogens with one attached hydrogen (secondary N) is 1. The van der Waals surface area contributed by atoms with E-state index in [1.165, 1.54) is 17.7 Å². The van der Waals surface area contributed by atoms with E-state index in [1.54, 1.807) is 41.6 Å². The summed E-state index contributed by atoms with van der Waals surface area (Å²) in [6.45, 7) is 6.76. The zero-order valence-corrected chi connectivity index (χ0v) is 23.6. The van der Waals surface area contributed by atoms with Crippen molar-refractivity contribution in [2.24, 2.45) is 0 Å². The molecule has 2 heterocycles. The van der Waals surface area contributed by atoms with Gasteiger partial charge in [-0.3, -0.25) is 19.5 Å². The first-order valence-corrected chi connectivity index (χ1v) is 13.5. The molecule has 1 aliphatic heterocycles. The first-order valence-electron chi connectivity index (χ1n) is 13.5. The second-order valence-electron chi connectivity index (χ2n) is 11.2. The van der Waals surface area contributed by atoms with Crippen LogP contribution in [0.15, 0.2) is 73.1 Å². The Kier molecular flexibility index (Phi) is 9.01. The highest BCUT2D eigenvalue weighted by Gasteiger charge is 2.44. The SMILES string of the molecule is CN1[C@@H](CCC(=O)Nc2cccnc2)C(=O)N(CCc2ccc(OC(F)(F)F)cc2)[C@@H]1c1ccc(C(C)(C)C)cc1. The second-order valence-corrected chi connectivity index (χ2v) is 11.2. The average Bonchev–Trinajstić information content (AvgIpc) is 3.14. The number of alkyl halides is 3. The Morgan fingerprint density at radius 2 is 1.71 bits per heavy atom. The Morgan fingerprint density at radius 3 is 2.29 bits per heavy atom. The molecule has 1 aromatic heterocycles. The number of amides is 2. The fraction of sp³-hybridized carbons (Fsp3) is 0.387. The maximum Gasteiger partial charge on any atom is 0.573 e. The Balaban J connectivity index is 1.50. The molecule has 0 saturated carbocycles. The third-order valence-electron chi connectivity index (χ3n) is 7.20. The third-order valence-corrected chi connectivity index (χ3v) is 7.20. The van der Waals surface area contributed by atoms with Crippen molar-refractivity contribution in [1.29, 1.82) is 0 Å². The van der Waals surface area contributed by atoms with Crippen LogP contribution in [0.3, 0.4) is 0 Å². The third kappa shape index (κ3) is 7.85. The summed E-state index contributed by atoms with van der Waals surface area (Å²) in [6, 6.07) is 16.8. The molecule has 0 spiro atoms. The molecular formula is C31H35F3N4O3. The molecule has 2 atom stereocenters. The highest BCUT2D eigenvalue weighted by molar-refractivity contribution is 5.91. The van der Waals surface area contributed by atoms with Crippen LogP contribution < -0.4 is 10.1 Å². The van der Waals surface area contributed by atoms with E-state index in [1.807, 2.05) is 24.1 Å². The van der Waals surface area contributed by atoms with Crippen molar-refractivity contribution in [1.82, 2.24) is 14.8 Å². The van der Waals surface area contributed by atoms with Crippen LogP contribution in [0.1, 0.15) is 56.5 Å². The minimum absolute atomic E-state index is 0.0260. The van der Waals surface area contributed by atoms with Crippen molar-refractivity contribution in [3.8, 4) is 5.75 Å². The molecule has 10 heteroatoms. The quantitative estimate of drug-likeness (QED) is 0.339. The molecule has 3 aromatic rings. The predicted molar refractivity (Wildman–Crippen MR) is 150 cm³/mol. The predicted octanol–water partition coefficient (Wildman–Crippen LogP) is 6.08. The molecule has 0 unspecified atom stereocenters. The molecule has 1 aliphatic rings. The second kappa shape index (κ2) is 12.3. The number of benzene rings is 2. The number of hydrogen-bond acceptors (Lipinski definition) is 5. The molecule has 41 heavy (non-hydrogen) atoms. The number of nitrogens with zero attached hydrogens (tertiary/aromatic N) is 3. The van der Waals surface area contributed by atoms with Gasteiger partial charge in [0.1, 0.15) is 11.9 Å². The van der Waals surface area contributed by atoms with E-state index in [9.17, 15) is 22.8 Å².